The van der Waals surface area contributed by atoms with Gasteiger partial charge in [-0.05, 0) is 29.3 Å². The molecule has 0 saturated carbocycles. The smallest absolute Gasteiger partial charge is 0.336 e. The Morgan fingerprint density at radius 1 is 1.04 bits per heavy atom. The van der Waals surface area contributed by atoms with E-state index in [4.69, 9.17) is 4.42 Å². The molecule has 0 aliphatic heterocycles. The van der Waals surface area contributed by atoms with Gasteiger partial charge < -0.3 is 4.42 Å². The lowest BCUT2D eigenvalue weighted by atomic mass is 10.0. The van der Waals surface area contributed by atoms with Crippen LogP contribution in [0, 0.1) is 6.92 Å². The van der Waals surface area contributed by atoms with Crippen molar-refractivity contribution in [2.75, 3.05) is 0 Å². The van der Waals surface area contributed by atoms with E-state index in [9.17, 15) is 4.79 Å². The van der Waals surface area contributed by atoms with Crippen molar-refractivity contribution in [3.8, 4) is 0 Å². The number of rotatable bonds is 3. The van der Waals surface area contributed by atoms with E-state index < -0.39 is 0 Å². The summed E-state index contributed by atoms with van der Waals surface area (Å²) in [6.07, 6.45) is 3.15. The maximum atomic E-state index is 12.1. The van der Waals surface area contributed by atoms with E-state index >= 15 is 0 Å². The Hall–Kier alpha value is -2.94. The number of benzene rings is 2. The monoisotopic (exact) mass is 330 g/mol. The van der Waals surface area contributed by atoms with Crippen LogP contribution in [0.25, 0.3) is 21.7 Å². The minimum Gasteiger partial charge on any atom is -0.423 e. The summed E-state index contributed by atoms with van der Waals surface area (Å²) in [7, 11) is 0. The average molecular weight is 330 g/mol. The van der Waals surface area contributed by atoms with Crippen molar-refractivity contribution < 1.29 is 8.98 Å². The third-order valence-electron chi connectivity index (χ3n) is 4.78. The minimum atomic E-state index is -0.303. The highest BCUT2D eigenvalue weighted by Crippen LogP contribution is 2.27. The van der Waals surface area contributed by atoms with E-state index in [0.29, 0.717) is 12.1 Å². The molecule has 0 aliphatic carbocycles. The van der Waals surface area contributed by atoms with Gasteiger partial charge in [0, 0.05) is 35.6 Å². The molecular weight excluding hydrogens is 310 g/mol. The Balaban J connectivity index is 1.98. The second kappa shape index (κ2) is 6.17. The molecule has 0 unspecified atom stereocenters. The molecule has 3 heteroatoms. The van der Waals surface area contributed by atoms with E-state index in [1.54, 1.807) is 6.07 Å². The largest absolute Gasteiger partial charge is 0.423 e. The van der Waals surface area contributed by atoms with Crippen molar-refractivity contribution in [2.45, 2.75) is 26.8 Å². The number of pyridine rings is 1. The van der Waals surface area contributed by atoms with Crippen molar-refractivity contribution >= 4 is 21.7 Å². The maximum absolute atomic E-state index is 12.1. The lowest BCUT2D eigenvalue weighted by Crippen LogP contribution is -2.38. The zero-order valence-corrected chi connectivity index (χ0v) is 14.5. The molecule has 0 aliphatic rings. The first-order valence-corrected chi connectivity index (χ1v) is 8.59. The summed E-state index contributed by atoms with van der Waals surface area (Å²) >= 11 is 0. The SMILES string of the molecule is CCc1ccc(C)[n+](Cc2cc(=O)oc3ccc4ccccc4c23)c1. The van der Waals surface area contributed by atoms with Crippen molar-refractivity contribution in [1.29, 1.82) is 0 Å². The van der Waals surface area contributed by atoms with E-state index in [1.807, 2.05) is 24.3 Å². The molecule has 2 heterocycles. The molecule has 0 spiro atoms. The van der Waals surface area contributed by atoms with Gasteiger partial charge in [0.15, 0.2) is 18.4 Å². The Bertz CT molecular complexity index is 1140. The van der Waals surface area contributed by atoms with Crippen LogP contribution in [-0.4, -0.2) is 0 Å². The molecule has 0 bridgehead atoms. The fourth-order valence-corrected chi connectivity index (χ4v) is 3.38. The molecule has 0 saturated heterocycles. The first kappa shape index (κ1) is 15.6. The molecule has 3 nitrogen and oxygen atoms in total. The number of hydrogen-bond acceptors (Lipinski definition) is 2. The molecule has 0 amide bonds. The number of aromatic nitrogens is 1. The Morgan fingerprint density at radius 3 is 2.72 bits per heavy atom. The molecule has 124 valence electrons. The topological polar surface area (TPSA) is 34.1 Å². The van der Waals surface area contributed by atoms with Crippen LogP contribution in [0.5, 0.6) is 0 Å². The summed E-state index contributed by atoms with van der Waals surface area (Å²) in [6, 6.07) is 18.0. The van der Waals surface area contributed by atoms with E-state index in [1.165, 1.54) is 11.3 Å². The third kappa shape index (κ3) is 2.82. The van der Waals surface area contributed by atoms with Crippen LogP contribution in [0.2, 0.25) is 0 Å². The highest BCUT2D eigenvalue weighted by atomic mass is 16.4. The molecule has 0 N–H and O–H groups in total. The number of nitrogens with zero attached hydrogens (tertiary/aromatic N) is 1. The van der Waals surface area contributed by atoms with Crippen LogP contribution < -0.4 is 10.2 Å². The molecule has 4 aromatic rings. The second-order valence-electron chi connectivity index (χ2n) is 6.41. The Morgan fingerprint density at radius 2 is 1.88 bits per heavy atom. The van der Waals surface area contributed by atoms with Gasteiger partial charge in [0.05, 0.1) is 0 Å². The summed E-state index contributed by atoms with van der Waals surface area (Å²) in [5.41, 5.74) is 3.78. The first-order chi connectivity index (χ1) is 12.2. The molecule has 4 rings (SSSR count). The predicted molar refractivity (Wildman–Crippen MR) is 99.8 cm³/mol. The van der Waals surface area contributed by atoms with Crippen molar-refractivity contribution in [3.05, 3.63) is 88.0 Å². The van der Waals surface area contributed by atoms with E-state index in [2.05, 4.69) is 48.9 Å². The fraction of sp³-hybridized carbons (Fsp3) is 0.182. The van der Waals surface area contributed by atoms with Gasteiger partial charge in [-0.3, -0.25) is 0 Å². The van der Waals surface area contributed by atoms with Gasteiger partial charge in [0.2, 0.25) is 0 Å². The molecule has 2 aromatic carbocycles. The van der Waals surface area contributed by atoms with Crippen LogP contribution in [-0.2, 0) is 13.0 Å². The van der Waals surface area contributed by atoms with Crippen molar-refractivity contribution in [3.63, 3.8) is 0 Å². The van der Waals surface area contributed by atoms with Crippen LogP contribution in [0.4, 0.5) is 0 Å². The third-order valence-corrected chi connectivity index (χ3v) is 4.78. The van der Waals surface area contributed by atoms with Gasteiger partial charge in [-0.15, -0.1) is 0 Å². The normalized spacial score (nSPS) is 11.3. The second-order valence-corrected chi connectivity index (χ2v) is 6.41. The van der Waals surface area contributed by atoms with Gasteiger partial charge in [-0.2, -0.15) is 4.57 Å². The summed E-state index contributed by atoms with van der Waals surface area (Å²) < 4.78 is 7.66. The molecular formula is C22H20NO2+. The van der Waals surface area contributed by atoms with E-state index in [0.717, 1.165) is 28.1 Å². The molecule has 0 atom stereocenters. The summed E-state index contributed by atoms with van der Waals surface area (Å²) in [4.78, 5) is 12.1. The highest BCUT2D eigenvalue weighted by molar-refractivity contribution is 6.06. The van der Waals surface area contributed by atoms with Gasteiger partial charge in [-0.25, -0.2) is 4.79 Å². The van der Waals surface area contributed by atoms with Crippen LogP contribution in [0.3, 0.4) is 0 Å². The van der Waals surface area contributed by atoms with Crippen molar-refractivity contribution in [2.24, 2.45) is 0 Å². The number of fused-ring (bicyclic) bond motifs is 3. The quantitative estimate of drug-likeness (QED) is 0.321. The summed E-state index contributed by atoms with van der Waals surface area (Å²) in [5, 5.41) is 3.28. The Kier molecular flexibility index (Phi) is 3.85. The summed E-state index contributed by atoms with van der Waals surface area (Å²) in [6.45, 7) is 4.88. The lowest BCUT2D eigenvalue weighted by Gasteiger charge is -2.08. The first-order valence-electron chi connectivity index (χ1n) is 8.59. The van der Waals surface area contributed by atoms with Gasteiger partial charge in [0.25, 0.3) is 0 Å². The van der Waals surface area contributed by atoms with Gasteiger partial charge >= 0.3 is 5.63 Å². The van der Waals surface area contributed by atoms with Gasteiger partial charge in [0.1, 0.15) is 5.58 Å². The Labute approximate surface area is 146 Å². The summed E-state index contributed by atoms with van der Waals surface area (Å²) in [5.74, 6) is 0. The molecule has 25 heavy (non-hydrogen) atoms. The van der Waals surface area contributed by atoms with Crippen LogP contribution in [0.15, 0.2) is 70.0 Å². The van der Waals surface area contributed by atoms with E-state index in [-0.39, 0.29) is 5.63 Å². The molecule has 2 aromatic heterocycles. The predicted octanol–water partition coefficient (Wildman–Crippen LogP) is 4.15. The zero-order valence-electron chi connectivity index (χ0n) is 14.5. The maximum Gasteiger partial charge on any atom is 0.336 e. The molecule has 0 radical (unpaired) electrons. The lowest BCUT2D eigenvalue weighted by molar-refractivity contribution is -0.694. The van der Waals surface area contributed by atoms with Crippen molar-refractivity contribution in [1.82, 2.24) is 0 Å². The minimum absolute atomic E-state index is 0.303. The standard InChI is InChI=1S/C22H20NO2/c1-3-16-9-8-15(2)23(13-16)14-18-12-21(24)25-20-11-10-17-6-4-5-7-19(17)22(18)20/h4-13H,3,14H2,1-2H3/q+1. The number of aryl methyl sites for hydroxylation is 2. The fourth-order valence-electron chi connectivity index (χ4n) is 3.38. The van der Waals surface area contributed by atoms with Gasteiger partial charge in [-0.1, -0.05) is 37.3 Å². The highest BCUT2D eigenvalue weighted by Gasteiger charge is 2.15. The van der Waals surface area contributed by atoms with Crippen LogP contribution >= 0.6 is 0 Å². The number of hydrogen-bond donors (Lipinski definition) is 0. The molecule has 0 fully saturated rings. The average Bonchev–Trinajstić information content (AvgIpc) is 2.63. The van der Waals surface area contributed by atoms with Crippen LogP contribution in [0.1, 0.15) is 23.7 Å². The zero-order chi connectivity index (χ0) is 17.4.